The summed E-state index contributed by atoms with van der Waals surface area (Å²) in [4.78, 5) is 19.1. The van der Waals surface area contributed by atoms with E-state index in [9.17, 15) is 14.8 Å². The van der Waals surface area contributed by atoms with Crippen LogP contribution >= 0.6 is 23.2 Å². The number of carbonyl (C=O) groups excluding carboxylic acids is 1. The molecule has 0 fully saturated rings. The maximum Gasteiger partial charge on any atom is 0.475 e. The third kappa shape index (κ3) is 7.20. The molecule has 2 atom stereocenters. The van der Waals surface area contributed by atoms with Gasteiger partial charge >= 0.3 is 7.12 Å². The molecule has 34 heavy (non-hydrogen) atoms. The number of carbonyl (C=O) groups is 1. The Morgan fingerprint density at radius 3 is 2.62 bits per heavy atom. The second-order valence-electron chi connectivity index (χ2n) is 8.93. The largest absolute Gasteiger partial charge is 0.475 e. The molecule has 0 saturated heterocycles. The Balaban J connectivity index is 1.70. The predicted molar refractivity (Wildman–Crippen MR) is 134 cm³/mol. The lowest BCUT2D eigenvalue weighted by Gasteiger charge is -2.29. The van der Waals surface area contributed by atoms with Gasteiger partial charge in [-0.05, 0) is 41.7 Å². The zero-order valence-corrected chi connectivity index (χ0v) is 20.7. The average molecular weight is 507 g/mol. The number of hydrogen-bond acceptors (Lipinski definition) is 6. The molecule has 0 aromatic heterocycles. The normalized spacial score (nSPS) is 18.4. The Morgan fingerprint density at radius 1 is 1.21 bits per heavy atom. The molecule has 2 aromatic rings. The summed E-state index contributed by atoms with van der Waals surface area (Å²) in [6, 6.07) is 14.6. The van der Waals surface area contributed by atoms with Crippen LogP contribution in [0.1, 0.15) is 37.8 Å². The van der Waals surface area contributed by atoms with Crippen LogP contribution in [0, 0.1) is 5.92 Å². The van der Waals surface area contributed by atoms with Gasteiger partial charge in [0.25, 0.3) is 5.91 Å². The van der Waals surface area contributed by atoms with E-state index < -0.39 is 24.6 Å². The van der Waals surface area contributed by atoms with E-state index in [4.69, 9.17) is 32.8 Å². The topological polar surface area (TPSA) is 100 Å². The van der Waals surface area contributed by atoms with Gasteiger partial charge in [0, 0.05) is 22.9 Å². The van der Waals surface area contributed by atoms with Gasteiger partial charge in [0.05, 0.1) is 24.9 Å². The summed E-state index contributed by atoms with van der Waals surface area (Å²) < 4.78 is 5.77. The molecule has 1 heterocycles. The molecule has 2 aromatic carbocycles. The van der Waals surface area contributed by atoms with Gasteiger partial charge in [0.2, 0.25) is 5.60 Å². The molecule has 0 saturated carbocycles. The minimum Gasteiger partial charge on any atom is -0.426 e. The number of nitrogens with one attached hydrogen (secondary N) is 1. The van der Waals surface area contributed by atoms with Crippen molar-refractivity contribution in [3.05, 3.63) is 69.7 Å². The summed E-state index contributed by atoms with van der Waals surface area (Å²) in [5.41, 5.74) is 0.882. The Kier molecular flexibility index (Phi) is 9.39. The number of rotatable bonds is 11. The molecule has 0 spiro atoms. The predicted octanol–water partition coefficient (Wildman–Crippen LogP) is 3.81. The molecular formula is C24H29BCl2N2O5. The lowest BCUT2D eigenvalue weighted by atomic mass is 9.74. The molecule has 0 aliphatic carbocycles. The number of benzene rings is 2. The summed E-state index contributed by atoms with van der Waals surface area (Å²) in [5.74, 6) is -1.12. The third-order valence-corrected chi connectivity index (χ3v) is 6.12. The van der Waals surface area contributed by atoms with E-state index in [1.165, 1.54) is 0 Å². The Hall–Kier alpha value is -2.10. The van der Waals surface area contributed by atoms with Crippen LogP contribution < -0.4 is 5.32 Å². The van der Waals surface area contributed by atoms with Crippen molar-refractivity contribution >= 4 is 41.9 Å². The second-order valence-corrected chi connectivity index (χ2v) is 9.78. The zero-order valence-electron chi connectivity index (χ0n) is 19.2. The van der Waals surface area contributed by atoms with E-state index in [2.05, 4.69) is 10.5 Å². The van der Waals surface area contributed by atoms with Crippen LogP contribution in [-0.4, -0.2) is 46.9 Å². The number of ether oxygens (including phenoxy) is 1. The highest BCUT2D eigenvalue weighted by atomic mass is 35.5. The van der Waals surface area contributed by atoms with Gasteiger partial charge < -0.3 is 24.9 Å². The first-order chi connectivity index (χ1) is 16.2. The minimum absolute atomic E-state index is 0.144. The van der Waals surface area contributed by atoms with E-state index in [-0.39, 0.29) is 32.0 Å². The number of halogens is 2. The highest BCUT2D eigenvalue weighted by Crippen LogP contribution is 2.30. The first kappa shape index (κ1) is 26.5. The number of nitrogens with zero attached hydrogens (tertiary/aromatic N) is 1. The van der Waals surface area contributed by atoms with Gasteiger partial charge in [-0.1, -0.05) is 72.5 Å². The van der Waals surface area contributed by atoms with Crippen LogP contribution in [0.25, 0.3) is 0 Å². The lowest BCUT2D eigenvalue weighted by Crippen LogP contribution is -2.56. The minimum atomic E-state index is -1.69. The van der Waals surface area contributed by atoms with Crippen molar-refractivity contribution in [1.29, 1.82) is 0 Å². The van der Waals surface area contributed by atoms with Crippen molar-refractivity contribution in [1.82, 2.24) is 5.32 Å². The zero-order chi connectivity index (χ0) is 24.7. The first-order valence-electron chi connectivity index (χ1n) is 11.1. The number of amides is 1. The van der Waals surface area contributed by atoms with Crippen molar-refractivity contribution in [2.45, 2.75) is 51.3 Å². The first-order valence-corrected chi connectivity index (χ1v) is 11.9. The average Bonchev–Trinajstić information content (AvgIpc) is 3.20. The summed E-state index contributed by atoms with van der Waals surface area (Å²) in [6.45, 7) is 4.25. The van der Waals surface area contributed by atoms with Crippen LogP contribution in [0.2, 0.25) is 10.0 Å². The molecule has 3 rings (SSSR count). The summed E-state index contributed by atoms with van der Waals surface area (Å²) in [5, 5.41) is 27.6. The van der Waals surface area contributed by atoms with Gasteiger partial charge in [0.1, 0.15) is 0 Å². The molecule has 1 amide bonds. The monoisotopic (exact) mass is 506 g/mol. The van der Waals surface area contributed by atoms with Crippen LogP contribution in [0.4, 0.5) is 0 Å². The molecule has 182 valence electrons. The Morgan fingerprint density at radius 2 is 1.94 bits per heavy atom. The van der Waals surface area contributed by atoms with E-state index in [0.717, 1.165) is 11.1 Å². The smallest absolute Gasteiger partial charge is 0.426 e. The van der Waals surface area contributed by atoms with Crippen LogP contribution in [0.3, 0.4) is 0 Å². The maximum absolute atomic E-state index is 13.4. The van der Waals surface area contributed by atoms with Crippen LogP contribution in [0.15, 0.2) is 53.7 Å². The molecule has 7 nitrogen and oxygen atoms in total. The fourth-order valence-electron chi connectivity index (χ4n) is 3.84. The van der Waals surface area contributed by atoms with Crippen molar-refractivity contribution in [2.24, 2.45) is 11.1 Å². The Labute approximate surface area is 210 Å². The Bertz CT molecular complexity index is 1010. The highest BCUT2D eigenvalue weighted by molar-refractivity contribution is 6.43. The van der Waals surface area contributed by atoms with E-state index >= 15 is 0 Å². The van der Waals surface area contributed by atoms with Gasteiger partial charge in [-0.15, -0.1) is 0 Å². The van der Waals surface area contributed by atoms with E-state index in [0.29, 0.717) is 22.2 Å². The molecule has 1 aliphatic rings. The number of oxime groups is 1. The fraction of sp³-hybridized carbons (Fsp3) is 0.417. The number of hydrogen-bond donors (Lipinski definition) is 3. The van der Waals surface area contributed by atoms with E-state index in [1.807, 2.05) is 44.2 Å². The van der Waals surface area contributed by atoms with Gasteiger partial charge in [-0.25, -0.2) is 0 Å². The molecular weight excluding hydrogens is 478 g/mol. The molecule has 10 heteroatoms. The molecule has 0 bridgehead atoms. The second kappa shape index (κ2) is 12.0. The molecule has 0 radical (unpaired) electrons. The highest BCUT2D eigenvalue weighted by Gasteiger charge is 2.48. The summed E-state index contributed by atoms with van der Waals surface area (Å²) >= 11 is 12.2. The van der Waals surface area contributed by atoms with Gasteiger partial charge in [0.15, 0.2) is 0 Å². The van der Waals surface area contributed by atoms with Gasteiger partial charge in [-0.3, -0.25) is 4.79 Å². The standard InChI is InChI=1S/C24H29BCl2N2O5/c1-16(2)10-22(25(31)32)28-23(30)24(12-17-6-4-3-5-7-17)13-20(29-34-24)15-33-14-18-11-19(26)8-9-21(18)27/h3-9,11,16,22,31-32H,10,12-15H2,1-2H3,(H,28,30). The quantitative estimate of drug-likeness (QED) is 0.402. The SMILES string of the molecule is CC(C)CC(NC(=O)C1(Cc2ccccc2)CC(COCc2cc(Cl)ccc2Cl)=NO1)B(O)O. The summed E-state index contributed by atoms with van der Waals surface area (Å²) in [6.07, 6.45) is 0.873. The van der Waals surface area contributed by atoms with Crippen molar-refractivity contribution in [3.63, 3.8) is 0 Å². The molecule has 2 unspecified atom stereocenters. The van der Waals surface area contributed by atoms with Crippen molar-refractivity contribution in [2.75, 3.05) is 6.61 Å². The van der Waals surface area contributed by atoms with Crippen molar-refractivity contribution < 1.29 is 24.4 Å². The van der Waals surface area contributed by atoms with E-state index in [1.54, 1.807) is 18.2 Å². The van der Waals surface area contributed by atoms with Gasteiger partial charge in [-0.2, -0.15) is 0 Å². The van der Waals surface area contributed by atoms with Crippen LogP contribution in [0.5, 0.6) is 0 Å². The van der Waals surface area contributed by atoms with Crippen LogP contribution in [-0.2, 0) is 27.4 Å². The van der Waals surface area contributed by atoms with Crippen molar-refractivity contribution in [3.8, 4) is 0 Å². The maximum atomic E-state index is 13.4. The lowest BCUT2D eigenvalue weighted by molar-refractivity contribution is -0.144. The molecule has 3 N–H and O–H groups in total. The third-order valence-electron chi connectivity index (χ3n) is 5.52. The summed E-state index contributed by atoms with van der Waals surface area (Å²) in [7, 11) is -1.69. The molecule has 1 aliphatic heterocycles. The fourth-order valence-corrected chi connectivity index (χ4v) is 4.21.